The van der Waals surface area contributed by atoms with Crippen LogP contribution in [-0.4, -0.2) is 36.5 Å². The van der Waals surface area contributed by atoms with Gasteiger partial charge in [0.1, 0.15) is 5.75 Å². The van der Waals surface area contributed by atoms with Gasteiger partial charge in [0.2, 0.25) is 0 Å². The Bertz CT molecular complexity index is 660. The number of aromatic hydroxyl groups is 1. The largest absolute Gasteiger partial charge is 0.506 e. The molecule has 0 fully saturated rings. The Morgan fingerprint density at radius 1 is 1.50 bits per heavy atom. The molecule has 1 heterocycles. The zero-order chi connectivity index (χ0) is 15.1. The van der Waals surface area contributed by atoms with Crippen molar-refractivity contribution >= 4 is 27.5 Å². The van der Waals surface area contributed by atoms with Crippen LogP contribution in [0.4, 0.5) is 16.2 Å². The van der Waals surface area contributed by atoms with Crippen LogP contribution in [0.25, 0.3) is 0 Å². The lowest BCUT2D eigenvalue weighted by Crippen LogP contribution is -2.35. The maximum absolute atomic E-state index is 11.3. The summed E-state index contributed by atoms with van der Waals surface area (Å²) in [6, 6.07) is 1.98. The Morgan fingerprint density at radius 3 is 2.70 bits per heavy atom. The fraction of sp³-hybridized carbons (Fsp3) is 0.300. The van der Waals surface area contributed by atoms with E-state index in [4.69, 9.17) is 10.3 Å². The fourth-order valence-electron chi connectivity index (χ4n) is 2.13. The minimum absolute atomic E-state index is 0.0657. The summed E-state index contributed by atoms with van der Waals surface area (Å²) in [6.45, 7) is 0. The van der Waals surface area contributed by atoms with Crippen molar-refractivity contribution in [2.45, 2.75) is 11.8 Å². The molecule has 1 aromatic carbocycles. The Kier molecular flexibility index (Phi) is 3.36. The number of hydrogen-bond donors (Lipinski definition) is 5. The minimum Gasteiger partial charge on any atom is -0.506 e. The highest BCUT2D eigenvalue weighted by molar-refractivity contribution is 7.86. The molecule has 2 amide bonds. The van der Waals surface area contributed by atoms with Gasteiger partial charge in [0.15, 0.2) is 5.37 Å². The minimum atomic E-state index is -4.24. The molecule has 0 aromatic heterocycles. The number of benzene rings is 1. The molecule has 1 unspecified atom stereocenters. The van der Waals surface area contributed by atoms with Gasteiger partial charge in [0.25, 0.3) is 10.1 Å². The topological polar surface area (TPSA) is 145 Å². The third kappa shape index (κ3) is 2.56. The molecule has 1 aromatic rings. The Balaban J connectivity index is 2.33. The molecular formula is C10H14N4O5S. The lowest BCUT2D eigenvalue weighted by Gasteiger charge is -2.20. The molecule has 2 rings (SSSR count). The molecule has 0 bridgehead atoms. The number of nitrogens with two attached hydrogens (primary N) is 1. The van der Waals surface area contributed by atoms with E-state index in [0.29, 0.717) is 11.3 Å². The second kappa shape index (κ2) is 4.72. The average molecular weight is 302 g/mol. The van der Waals surface area contributed by atoms with Crippen LogP contribution in [-0.2, 0) is 16.5 Å². The number of phenolic OH excluding ortho intramolecular Hbond substituents is 1. The molecule has 1 aliphatic rings. The summed E-state index contributed by atoms with van der Waals surface area (Å²) >= 11 is 0. The number of phenols is 1. The zero-order valence-electron chi connectivity index (χ0n) is 10.5. The highest BCUT2D eigenvalue weighted by Crippen LogP contribution is 2.39. The number of amides is 2. The van der Waals surface area contributed by atoms with Crippen LogP contribution in [0.15, 0.2) is 12.1 Å². The fourth-order valence-corrected chi connectivity index (χ4v) is 3.03. The Hall–Kier alpha value is -2.20. The number of primary amides is 1. The first-order valence-electron chi connectivity index (χ1n) is 5.56. The van der Waals surface area contributed by atoms with E-state index in [1.165, 1.54) is 24.1 Å². The van der Waals surface area contributed by atoms with Crippen molar-refractivity contribution in [3.05, 3.63) is 17.7 Å². The second-order valence-corrected chi connectivity index (χ2v) is 5.97. The summed E-state index contributed by atoms with van der Waals surface area (Å²) in [6.07, 6.45) is 0.0657. The summed E-state index contributed by atoms with van der Waals surface area (Å²) in [7, 11) is -2.74. The molecule has 9 nitrogen and oxygen atoms in total. The van der Waals surface area contributed by atoms with E-state index in [2.05, 4.69) is 10.9 Å². The first-order valence-corrected chi connectivity index (χ1v) is 7.07. The van der Waals surface area contributed by atoms with E-state index >= 15 is 0 Å². The van der Waals surface area contributed by atoms with Gasteiger partial charge in [-0.2, -0.15) is 8.42 Å². The van der Waals surface area contributed by atoms with Gasteiger partial charge in [-0.1, -0.05) is 0 Å². The monoisotopic (exact) mass is 302 g/mol. The van der Waals surface area contributed by atoms with E-state index in [1.54, 1.807) is 0 Å². The van der Waals surface area contributed by atoms with Crippen LogP contribution in [0.5, 0.6) is 5.75 Å². The van der Waals surface area contributed by atoms with Gasteiger partial charge in [0, 0.05) is 25.2 Å². The van der Waals surface area contributed by atoms with Gasteiger partial charge in [-0.25, -0.2) is 4.79 Å². The highest BCUT2D eigenvalue weighted by atomic mass is 32.2. The van der Waals surface area contributed by atoms with Gasteiger partial charge < -0.3 is 15.7 Å². The number of carbonyl (C=O) groups excluding carboxylic acids is 1. The van der Waals surface area contributed by atoms with Gasteiger partial charge in [-0.3, -0.25) is 15.4 Å². The number of rotatable bonds is 3. The molecule has 110 valence electrons. The number of urea groups is 1. The zero-order valence-corrected chi connectivity index (χ0v) is 11.3. The number of nitrogens with zero attached hydrogens (tertiary/aromatic N) is 1. The van der Waals surface area contributed by atoms with E-state index in [0.717, 1.165) is 0 Å². The van der Waals surface area contributed by atoms with Crippen molar-refractivity contribution in [3.8, 4) is 5.75 Å². The smallest absolute Gasteiger partial charge is 0.330 e. The number of hydrazine groups is 1. The number of fused-ring (bicyclic) bond motifs is 1. The van der Waals surface area contributed by atoms with E-state index in [1.807, 2.05) is 0 Å². The summed E-state index contributed by atoms with van der Waals surface area (Å²) in [5.74, 6) is -0.194. The van der Waals surface area contributed by atoms with Crippen LogP contribution >= 0.6 is 0 Å². The number of nitrogens with one attached hydrogen (secondary N) is 2. The van der Waals surface area contributed by atoms with E-state index < -0.39 is 21.5 Å². The first-order chi connectivity index (χ1) is 9.20. The molecule has 0 saturated heterocycles. The lowest BCUT2D eigenvalue weighted by atomic mass is 10.1. The van der Waals surface area contributed by atoms with Crippen LogP contribution in [0.2, 0.25) is 0 Å². The van der Waals surface area contributed by atoms with Crippen molar-refractivity contribution < 1.29 is 22.9 Å². The van der Waals surface area contributed by atoms with Crippen molar-refractivity contribution in [3.63, 3.8) is 0 Å². The molecule has 6 N–H and O–H groups in total. The Morgan fingerprint density at radius 2 is 2.15 bits per heavy atom. The lowest BCUT2D eigenvalue weighted by molar-refractivity contribution is 0.250. The molecule has 0 spiro atoms. The molecule has 0 saturated carbocycles. The van der Waals surface area contributed by atoms with E-state index in [9.17, 15) is 18.3 Å². The van der Waals surface area contributed by atoms with Crippen LogP contribution in [0.1, 0.15) is 5.56 Å². The summed E-state index contributed by atoms with van der Waals surface area (Å²) in [5, 5.41) is 8.70. The van der Waals surface area contributed by atoms with Crippen LogP contribution < -0.4 is 21.5 Å². The van der Waals surface area contributed by atoms with E-state index in [-0.39, 0.29) is 17.9 Å². The van der Waals surface area contributed by atoms with Gasteiger partial charge in [-0.15, -0.1) is 0 Å². The molecule has 0 aliphatic carbocycles. The standard InChI is InChI=1S/C10H14N4O5S/c1-14-7-4-8(15)6(12-13-10(11)16)2-5(7)3-9(14)20(17,18)19/h2,4,9,12,15H,3H2,1H3,(H3,11,13,16)(H,17,18,19). The van der Waals surface area contributed by atoms with Crippen molar-refractivity contribution in [2.75, 3.05) is 17.4 Å². The third-order valence-electron chi connectivity index (χ3n) is 3.07. The summed E-state index contributed by atoms with van der Waals surface area (Å²) < 4.78 is 31.7. The van der Waals surface area contributed by atoms with Gasteiger partial charge in [-0.05, 0) is 11.6 Å². The highest BCUT2D eigenvalue weighted by Gasteiger charge is 2.36. The number of anilines is 2. The van der Waals surface area contributed by atoms with Gasteiger partial charge in [0.05, 0.1) is 5.69 Å². The maximum Gasteiger partial charge on any atom is 0.330 e. The number of hydrogen-bond acceptors (Lipinski definition) is 6. The molecule has 10 heteroatoms. The third-order valence-corrected chi connectivity index (χ3v) is 4.24. The average Bonchev–Trinajstić information content (AvgIpc) is 2.63. The normalized spacial score (nSPS) is 17.7. The van der Waals surface area contributed by atoms with Crippen molar-refractivity contribution in [1.29, 1.82) is 0 Å². The summed E-state index contributed by atoms with van der Waals surface area (Å²) in [4.78, 5) is 12.0. The second-order valence-electron chi connectivity index (χ2n) is 4.40. The molecule has 1 atom stereocenters. The molecule has 1 aliphatic heterocycles. The molecular weight excluding hydrogens is 288 g/mol. The molecule has 20 heavy (non-hydrogen) atoms. The maximum atomic E-state index is 11.3. The number of carbonyl (C=O) groups is 1. The first kappa shape index (κ1) is 14.2. The summed E-state index contributed by atoms with van der Waals surface area (Å²) in [5.41, 5.74) is 10.6. The van der Waals surface area contributed by atoms with Crippen molar-refractivity contribution in [1.82, 2.24) is 5.43 Å². The Labute approximate surface area is 115 Å². The predicted molar refractivity (Wildman–Crippen MR) is 71.9 cm³/mol. The molecule has 0 radical (unpaired) electrons. The van der Waals surface area contributed by atoms with Gasteiger partial charge >= 0.3 is 6.03 Å². The van der Waals surface area contributed by atoms with Crippen LogP contribution in [0, 0.1) is 0 Å². The number of likely N-dealkylation sites (N-methyl/N-ethyl adjacent to an activating group) is 1. The quantitative estimate of drug-likeness (QED) is 0.290. The SMILES string of the molecule is CN1c2cc(O)c(NNC(N)=O)cc2CC1S(=O)(=O)O. The van der Waals surface area contributed by atoms with Crippen molar-refractivity contribution in [2.24, 2.45) is 5.73 Å². The predicted octanol–water partition coefficient (Wildman–Crippen LogP) is -0.406. The van der Waals surface area contributed by atoms with Crippen LogP contribution in [0.3, 0.4) is 0 Å².